The fourth-order valence-electron chi connectivity index (χ4n) is 3.36. The van der Waals surface area contributed by atoms with Gasteiger partial charge in [0.05, 0.1) is 22.7 Å². The Labute approximate surface area is 175 Å². The van der Waals surface area contributed by atoms with E-state index in [1.54, 1.807) is 56.3 Å². The summed E-state index contributed by atoms with van der Waals surface area (Å²) in [6.07, 6.45) is 0. The molecule has 1 unspecified atom stereocenters. The van der Waals surface area contributed by atoms with Gasteiger partial charge in [-0.25, -0.2) is 4.79 Å². The summed E-state index contributed by atoms with van der Waals surface area (Å²) in [6.45, 7) is 6.42. The topological polar surface area (TPSA) is 125 Å². The van der Waals surface area contributed by atoms with E-state index >= 15 is 0 Å². The molecule has 30 heavy (non-hydrogen) atoms. The molecule has 3 rings (SSSR count). The highest BCUT2D eigenvalue weighted by molar-refractivity contribution is 7.38. The third-order valence-corrected chi connectivity index (χ3v) is 6.27. The van der Waals surface area contributed by atoms with Crippen molar-refractivity contribution < 1.29 is 19.0 Å². The highest BCUT2D eigenvalue weighted by Gasteiger charge is 2.54. The van der Waals surface area contributed by atoms with Crippen molar-refractivity contribution >= 4 is 37.0 Å². The molecule has 2 aromatic carbocycles. The first-order chi connectivity index (χ1) is 14.0. The van der Waals surface area contributed by atoms with Crippen LogP contribution in [0.25, 0.3) is 0 Å². The lowest BCUT2D eigenvalue weighted by Gasteiger charge is -2.29. The summed E-state index contributed by atoms with van der Waals surface area (Å²) in [5.74, 6) is -0.319. The van der Waals surface area contributed by atoms with Crippen LogP contribution in [0.15, 0.2) is 42.5 Å². The summed E-state index contributed by atoms with van der Waals surface area (Å²) in [5, 5.41) is 12.8. The van der Waals surface area contributed by atoms with Crippen LogP contribution in [0.1, 0.15) is 38.8 Å². The van der Waals surface area contributed by atoms with Gasteiger partial charge in [-0.1, -0.05) is 4.57 Å². The van der Waals surface area contributed by atoms with Crippen molar-refractivity contribution in [1.29, 1.82) is 5.26 Å². The first kappa shape index (κ1) is 21.4. The van der Waals surface area contributed by atoms with Crippen molar-refractivity contribution in [3.63, 3.8) is 0 Å². The van der Waals surface area contributed by atoms with E-state index in [1.807, 2.05) is 6.07 Å². The molecule has 0 bridgehead atoms. The quantitative estimate of drug-likeness (QED) is 0.725. The van der Waals surface area contributed by atoms with Gasteiger partial charge in [-0.2, -0.15) is 5.26 Å². The molecule has 0 radical (unpaired) electrons. The number of benzene rings is 2. The van der Waals surface area contributed by atoms with Gasteiger partial charge in [-0.15, -0.1) is 0 Å². The number of anilines is 3. The molecule has 0 fully saturated rings. The van der Waals surface area contributed by atoms with E-state index in [0.717, 1.165) is 0 Å². The summed E-state index contributed by atoms with van der Waals surface area (Å²) in [6, 6.07) is 12.9. The Morgan fingerprint density at radius 3 is 2.27 bits per heavy atom. The van der Waals surface area contributed by atoms with Crippen LogP contribution in [0, 0.1) is 11.3 Å². The Morgan fingerprint density at radius 1 is 1.13 bits per heavy atom. The van der Waals surface area contributed by atoms with E-state index in [4.69, 9.17) is 5.26 Å². The number of rotatable bonds is 4. The largest absolute Gasteiger partial charge is 0.594 e. The average Bonchev–Trinajstić information content (AvgIpc) is 2.88. The maximum atomic E-state index is 13.0. The molecule has 1 aliphatic rings. The zero-order chi connectivity index (χ0) is 22.3. The van der Waals surface area contributed by atoms with Gasteiger partial charge in [0.15, 0.2) is 0 Å². The Hall–Kier alpha value is -3.27. The van der Waals surface area contributed by atoms with Gasteiger partial charge in [0.2, 0.25) is 11.2 Å². The Kier molecular flexibility index (Phi) is 5.38. The molecule has 2 aromatic rings. The third-order valence-electron chi connectivity index (χ3n) is 5.17. The molecule has 1 atom stereocenters. The van der Waals surface area contributed by atoms with Crippen molar-refractivity contribution in [2.75, 3.05) is 15.5 Å². The fraction of sp³-hybridized carbons (Fsp3) is 0.286. The Balaban J connectivity index is 1.86. The highest BCUT2D eigenvalue weighted by Crippen LogP contribution is 2.49. The number of amides is 3. The summed E-state index contributed by atoms with van der Waals surface area (Å²) in [5.41, 5.74) is 1.67. The van der Waals surface area contributed by atoms with Crippen LogP contribution in [0.3, 0.4) is 0 Å². The smallest absolute Gasteiger partial charge is 0.337 e. The molecule has 0 aromatic heterocycles. The minimum atomic E-state index is -2.90. The average molecular weight is 424 g/mol. The van der Waals surface area contributed by atoms with E-state index in [2.05, 4.69) is 10.6 Å². The summed E-state index contributed by atoms with van der Waals surface area (Å²) >= 11 is 0. The predicted octanol–water partition coefficient (Wildman–Crippen LogP) is 3.67. The maximum Gasteiger partial charge on any atom is 0.337 e. The fourth-order valence-corrected chi connectivity index (χ4v) is 3.72. The van der Waals surface area contributed by atoms with E-state index < -0.39 is 24.8 Å². The zero-order valence-electron chi connectivity index (χ0n) is 17.0. The third kappa shape index (κ3) is 3.65. The molecule has 3 amide bonds. The lowest BCUT2D eigenvalue weighted by Crippen LogP contribution is -2.48. The molecule has 2 N–H and O–H groups in total. The minimum absolute atomic E-state index is 0.319. The number of urea groups is 1. The van der Waals surface area contributed by atoms with E-state index in [9.17, 15) is 19.0 Å². The highest BCUT2D eigenvalue weighted by atomic mass is 31.1. The monoisotopic (exact) mass is 424 g/mol. The van der Waals surface area contributed by atoms with Crippen LogP contribution >= 0.6 is 8.03 Å². The first-order valence-corrected chi connectivity index (χ1v) is 10.4. The van der Waals surface area contributed by atoms with E-state index in [0.29, 0.717) is 28.2 Å². The molecule has 8 nitrogen and oxygen atoms in total. The van der Waals surface area contributed by atoms with Crippen LogP contribution in [-0.2, 0) is 14.8 Å². The van der Waals surface area contributed by atoms with Crippen molar-refractivity contribution in [2.24, 2.45) is 0 Å². The molecule has 1 aliphatic heterocycles. The van der Waals surface area contributed by atoms with Gasteiger partial charge in [-0.3, -0.25) is 9.69 Å². The number of hydrogen-bond donors (Lipinski definition) is 2. The number of nitrogens with one attached hydrogen (secondary N) is 2. The standard InChI is InChI=1S/C21H21N4O4P/c1-20(2)16-11-15(24-19(27)23-14-7-5-13(12-22)6-8-14)9-10-17(16)25(18(20)26)21(3,4)30(28)29/h5-11H,1-4H3,(H2,23,24,27). The van der Waals surface area contributed by atoms with Crippen LogP contribution in [0.2, 0.25) is 0 Å². The lowest BCUT2D eigenvalue weighted by atomic mass is 9.86. The summed E-state index contributed by atoms with van der Waals surface area (Å²) in [4.78, 5) is 38.4. The molecule has 154 valence electrons. The number of nitrogens with zero attached hydrogens (tertiary/aromatic N) is 2. The molecular weight excluding hydrogens is 403 g/mol. The second-order valence-electron chi connectivity index (χ2n) is 8.02. The van der Waals surface area contributed by atoms with Crippen LogP contribution in [0.4, 0.5) is 21.9 Å². The van der Waals surface area contributed by atoms with Gasteiger partial charge in [0.25, 0.3) is 0 Å². The predicted molar refractivity (Wildman–Crippen MR) is 112 cm³/mol. The number of fused-ring (bicyclic) bond motifs is 1. The second kappa shape index (κ2) is 7.52. The van der Waals surface area contributed by atoms with Crippen molar-refractivity contribution in [1.82, 2.24) is 0 Å². The van der Waals surface area contributed by atoms with Gasteiger partial charge < -0.3 is 15.5 Å². The molecular formula is C21H21N4O4P. The van der Waals surface area contributed by atoms with Crippen molar-refractivity contribution in [3.05, 3.63) is 53.6 Å². The van der Waals surface area contributed by atoms with E-state index in [-0.39, 0.29) is 5.91 Å². The van der Waals surface area contributed by atoms with E-state index in [1.165, 1.54) is 18.7 Å². The summed E-state index contributed by atoms with van der Waals surface area (Å²) in [7, 11) is -2.90. The SMILES string of the molecule is CC1(C)C(=O)N(C(C)(C)[P+](=O)[O-])c2ccc(NC(=O)Nc3ccc(C#N)cc3)cc21. The van der Waals surface area contributed by atoms with Crippen LogP contribution in [0.5, 0.6) is 0 Å². The second-order valence-corrected chi connectivity index (χ2v) is 9.63. The maximum absolute atomic E-state index is 13.0. The van der Waals surface area contributed by atoms with Gasteiger partial charge in [-0.05, 0) is 61.9 Å². The lowest BCUT2D eigenvalue weighted by molar-refractivity contribution is -0.169. The first-order valence-electron chi connectivity index (χ1n) is 9.20. The van der Waals surface area contributed by atoms with Crippen LogP contribution in [-0.4, -0.2) is 17.2 Å². The molecule has 0 spiro atoms. The van der Waals surface area contributed by atoms with Gasteiger partial charge >= 0.3 is 14.1 Å². The molecule has 9 heteroatoms. The number of nitriles is 1. The molecule has 1 heterocycles. The zero-order valence-corrected chi connectivity index (χ0v) is 17.9. The van der Waals surface area contributed by atoms with Gasteiger partial charge in [0.1, 0.15) is 0 Å². The molecule has 0 aliphatic carbocycles. The summed E-state index contributed by atoms with van der Waals surface area (Å²) < 4.78 is 11.8. The molecule has 0 saturated heterocycles. The minimum Gasteiger partial charge on any atom is -0.594 e. The Morgan fingerprint density at radius 2 is 1.70 bits per heavy atom. The number of carbonyl (C=O) groups excluding carboxylic acids is 2. The number of carbonyl (C=O) groups is 2. The molecule has 0 saturated carbocycles. The number of hydrogen-bond acceptors (Lipinski definition) is 5. The van der Waals surface area contributed by atoms with Crippen molar-refractivity contribution in [3.8, 4) is 6.07 Å². The normalized spacial score (nSPS) is 15.3. The Bertz CT molecular complexity index is 1090. The van der Waals surface area contributed by atoms with Crippen LogP contribution < -0.4 is 20.4 Å². The van der Waals surface area contributed by atoms with Gasteiger partial charge in [0, 0.05) is 25.2 Å². The van der Waals surface area contributed by atoms with Crippen molar-refractivity contribution in [2.45, 2.75) is 38.4 Å².